The van der Waals surface area contributed by atoms with Crippen molar-refractivity contribution >= 4 is 5.91 Å². The van der Waals surface area contributed by atoms with Crippen LogP contribution in [0.4, 0.5) is 13.2 Å². The number of amides is 1. The Morgan fingerprint density at radius 1 is 1.27 bits per heavy atom. The van der Waals surface area contributed by atoms with Crippen molar-refractivity contribution in [3.8, 4) is 5.75 Å². The van der Waals surface area contributed by atoms with Gasteiger partial charge in [0, 0.05) is 19.0 Å². The number of halogens is 3. The molecule has 1 amide bonds. The average molecular weight is 318 g/mol. The molecular formula is C15H21F3N2O2. The molecule has 0 aromatic heterocycles. The first-order valence-electron chi connectivity index (χ1n) is 7.15. The molecule has 1 aromatic rings. The highest BCUT2D eigenvalue weighted by Crippen LogP contribution is 2.22. The number of hydrogen-bond donors (Lipinski definition) is 2. The number of aryl methyl sites for hydroxylation is 1. The second-order valence-electron chi connectivity index (χ2n) is 4.95. The van der Waals surface area contributed by atoms with Crippen molar-refractivity contribution in [1.29, 1.82) is 0 Å². The number of nitrogens with one attached hydrogen (secondary N) is 2. The predicted octanol–water partition coefficient (Wildman–Crippen LogP) is 2.63. The molecule has 1 atom stereocenters. The Labute approximate surface area is 128 Å². The van der Waals surface area contributed by atoms with Gasteiger partial charge in [0.1, 0.15) is 5.75 Å². The molecule has 4 nitrogen and oxygen atoms in total. The lowest BCUT2D eigenvalue weighted by molar-refractivity contribution is -0.274. The quantitative estimate of drug-likeness (QED) is 0.775. The standard InChI is InChI=1S/C15H21F3N2O2/c1-3-19-11(2)10-20-14(21)9-6-12-4-7-13(8-5-12)22-15(16,17)18/h4-5,7-8,11,19H,3,6,9-10H2,1-2H3,(H,20,21)/t11-/m1/s1. The van der Waals surface area contributed by atoms with Gasteiger partial charge in [-0.3, -0.25) is 4.79 Å². The van der Waals surface area contributed by atoms with Gasteiger partial charge in [-0.15, -0.1) is 13.2 Å². The summed E-state index contributed by atoms with van der Waals surface area (Å²) in [4.78, 5) is 11.7. The van der Waals surface area contributed by atoms with Crippen LogP contribution < -0.4 is 15.4 Å². The van der Waals surface area contributed by atoms with Crippen molar-refractivity contribution < 1.29 is 22.7 Å². The molecule has 0 spiro atoms. The molecule has 0 aliphatic heterocycles. The van der Waals surface area contributed by atoms with Gasteiger partial charge >= 0.3 is 6.36 Å². The number of carbonyl (C=O) groups is 1. The second-order valence-corrected chi connectivity index (χ2v) is 4.95. The van der Waals surface area contributed by atoms with Crippen molar-refractivity contribution in [2.45, 2.75) is 39.1 Å². The lowest BCUT2D eigenvalue weighted by atomic mass is 10.1. The smallest absolute Gasteiger partial charge is 0.406 e. The van der Waals surface area contributed by atoms with Crippen LogP contribution in [0.2, 0.25) is 0 Å². The summed E-state index contributed by atoms with van der Waals surface area (Å²) < 4.78 is 39.8. The number of likely N-dealkylation sites (N-methyl/N-ethyl adjacent to an activating group) is 1. The van der Waals surface area contributed by atoms with Crippen LogP contribution in [-0.4, -0.2) is 31.4 Å². The first-order chi connectivity index (χ1) is 10.3. The molecule has 0 fully saturated rings. The van der Waals surface area contributed by atoms with Crippen molar-refractivity contribution in [3.63, 3.8) is 0 Å². The molecule has 1 rings (SSSR count). The highest BCUT2D eigenvalue weighted by atomic mass is 19.4. The molecule has 0 saturated carbocycles. The third-order valence-electron chi connectivity index (χ3n) is 2.96. The van der Waals surface area contributed by atoms with Gasteiger partial charge in [-0.05, 0) is 37.6 Å². The van der Waals surface area contributed by atoms with Gasteiger partial charge in [-0.1, -0.05) is 19.1 Å². The third kappa shape index (κ3) is 7.87. The van der Waals surface area contributed by atoms with Crippen LogP contribution in [0.5, 0.6) is 5.75 Å². The van der Waals surface area contributed by atoms with E-state index in [0.717, 1.165) is 12.1 Å². The summed E-state index contributed by atoms with van der Waals surface area (Å²) in [6, 6.07) is 5.74. The van der Waals surface area contributed by atoms with Crippen LogP contribution in [-0.2, 0) is 11.2 Å². The zero-order valence-corrected chi connectivity index (χ0v) is 12.7. The lowest BCUT2D eigenvalue weighted by Gasteiger charge is -2.13. The summed E-state index contributed by atoms with van der Waals surface area (Å²) in [5.41, 5.74) is 0.782. The van der Waals surface area contributed by atoms with E-state index in [1.54, 1.807) is 0 Å². The van der Waals surface area contributed by atoms with E-state index >= 15 is 0 Å². The van der Waals surface area contributed by atoms with Crippen LogP contribution >= 0.6 is 0 Å². The molecule has 0 saturated heterocycles. The fourth-order valence-corrected chi connectivity index (χ4v) is 1.89. The van der Waals surface area contributed by atoms with E-state index < -0.39 is 6.36 Å². The van der Waals surface area contributed by atoms with E-state index in [2.05, 4.69) is 15.4 Å². The van der Waals surface area contributed by atoms with Gasteiger partial charge < -0.3 is 15.4 Å². The fraction of sp³-hybridized carbons (Fsp3) is 0.533. The van der Waals surface area contributed by atoms with E-state index in [-0.39, 0.29) is 24.1 Å². The number of rotatable bonds is 8. The highest BCUT2D eigenvalue weighted by Gasteiger charge is 2.30. The van der Waals surface area contributed by atoms with Gasteiger partial charge in [0.25, 0.3) is 0 Å². The molecule has 0 bridgehead atoms. The van der Waals surface area contributed by atoms with Crippen molar-refractivity contribution in [2.24, 2.45) is 0 Å². The van der Waals surface area contributed by atoms with E-state index in [0.29, 0.717) is 13.0 Å². The van der Waals surface area contributed by atoms with Crippen LogP contribution in [0.1, 0.15) is 25.8 Å². The van der Waals surface area contributed by atoms with Crippen LogP contribution in [0, 0.1) is 0 Å². The SMILES string of the molecule is CCN[C@H](C)CNC(=O)CCc1ccc(OC(F)(F)F)cc1. The maximum Gasteiger partial charge on any atom is 0.573 e. The summed E-state index contributed by atoms with van der Waals surface area (Å²) >= 11 is 0. The molecule has 0 radical (unpaired) electrons. The number of alkyl halides is 3. The lowest BCUT2D eigenvalue weighted by Crippen LogP contribution is -2.38. The molecule has 7 heteroatoms. The van der Waals surface area contributed by atoms with Crippen molar-refractivity contribution in [2.75, 3.05) is 13.1 Å². The summed E-state index contributed by atoms with van der Waals surface area (Å²) in [6.45, 7) is 5.35. The Bertz CT molecular complexity index is 461. The maximum atomic E-state index is 12.0. The number of ether oxygens (including phenoxy) is 1. The minimum atomic E-state index is -4.69. The molecule has 0 aliphatic rings. The zero-order chi connectivity index (χ0) is 16.6. The van der Waals surface area contributed by atoms with E-state index in [4.69, 9.17) is 0 Å². The molecule has 0 unspecified atom stereocenters. The predicted molar refractivity (Wildman–Crippen MR) is 77.6 cm³/mol. The van der Waals surface area contributed by atoms with Crippen molar-refractivity contribution in [1.82, 2.24) is 10.6 Å². The fourth-order valence-electron chi connectivity index (χ4n) is 1.89. The first kappa shape index (κ1) is 18.3. The molecule has 1 aromatic carbocycles. The number of benzene rings is 1. The Kier molecular flexibility index (Phi) is 7.17. The molecule has 0 heterocycles. The Morgan fingerprint density at radius 3 is 2.45 bits per heavy atom. The Hall–Kier alpha value is -1.76. The minimum absolute atomic E-state index is 0.0830. The van der Waals surface area contributed by atoms with Crippen LogP contribution in [0.3, 0.4) is 0 Å². The number of hydrogen-bond acceptors (Lipinski definition) is 3. The monoisotopic (exact) mass is 318 g/mol. The van der Waals surface area contributed by atoms with Gasteiger partial charge in [0.15, 0.2) is 0 Å². The van der Waals surface area contributed by atoms with Gasteiger partial charge in [-0.25, -0.2) is 0 Å². The normalized spacial score (nSPS) is 12.8. The number of carbonyl (C=O) groups excluding carboxylic acids is 1. The largest absolute Gasteiger partial charge is 0.573 e. The maximum absolute atomic E-state index is 12.0. The summed E-state index contributed by atoms with van der Waals surface area (Å²) in [5, 5.41) is 5.98. The second kappa shape index (κ2) is 8.63. The Morgan fingerprint density at radius 2 is 1.91 bits per heavy atom. The van der Waals surface area contributed by atoms with Gasteiger partial charge in [0.05, 0.1) is 0 Å². The summed E-state index contributed by atoms with van der Waals surface area (Å²) in [6.07, 6.45) is -3.93. The molecule has 2 N–H and O–H groups in total. The third-order valence-corrected chi connectivity index (χ3v) is 2.96. The topological polar surface area (TPSA) is 50.4 Å². The van der Waals surface area contributed by atoms with E-state index in [1.807, 2.05) is 13.8 Å². The highest BCUT2D eigenvalue weighted by molar-refractivity contribution is 5.76. The van der Waals surface area contributed by atoms with Gasteiger partial charge in [-0.2, -0.15) is 0 Å². The molecule has 22 heavy (non-hydrogen) atoms. The summed E-state index contributed by atoms with van der Waals surface area (Å²) in [7, 11) is 0. The van der Waals surface area contributed by atoms with E-state index in [1.165, 1.54) is 24.3 Å². The average Bonchev–Trinajstić information content (AvgIpc) is 2.43. The van der Waals surface area contributed by atoms with Gasteiger partial charge in [0.2, 0.25) is 5.91 Å². The minimum Gasteiger partial charge on any atom is -0.406 e. The Balaban J connectivity index is 2.34. The van der Waals surface area contributed by atoms with Crippen LogP contribution in [0.15, 0.2) is 24.3 Å². The molecule has 0 aliphatic carbocycles. The summed E-state index contributed by atoms with van der Waals surface area (Å²) in [5.74, 6) is -0.347. The van der Waals surface area contributed by atoms with E-state index in [9.17, 15) is 18.0 Å². The molecular weight excluding hydrogens is 297 g/mol. The molecule has 124 valence electrons. The van der Waals surface area contributed by atoms with Crippen molar-refractivity contribution in [3.05, 3.63) is 29.8 Å². The van der Waals surface area contributed by atoms with Crippen LogP contribution in [0.25, 0.3) is 0 Å². The first-order valence-corrected chi connectivity index (χ1v) is 7.15. The zero-order valence-electron chi connectivity index (χ0n) is 12.7.